The van der Waals surface area contributed by atoms with Crippen LogP contribution in [-0.4, -0.2) is 27.9 Å². The number of hydrogen-bond acceptors (Lipinski definition) is 4. The fraction of sp³-hybridized carbons (Fsp3) is 0.176. The molecule has 0 aliphatic rings. The molecule has 3 aromatic rings. The van der Waals surface area contributed by atoms with Gasteiger partial charge in [-0.2, -0.15) is 0 Å². The van der Waals surface area contributed by atoms with Crippen LogP contribution in [0.5, 0.6) is 0 Å². The van der Waals surface area contributed by atoms with Gasteiger partial charge in [0, 0.05) is 17.6 Å². The average Bonchev–Trinajstić information content (AvgIpc) is 2.96. The van der Waals surface area contributed by atoms with Gasteiger partial charge < -0.3 is 4.98 Å². The number of halogens is 1. The molecule has 3 N–H and O–H groups in total. The number of nitrogens with two attached hydrogens (primary N) is 1. The largest absolute Gasteiger partial charge is 0.358 e. The highest BCUT2D eigenvalue weighted by molar-refractivity contribution is 7.93. The van der Waals surface area contributed by atoms with Gasteiger partial charge in [0.05, 0.1) is 26.0 Å². The Bertz CT molecular complexity index is 1200. The number of hydrogen-bond donors (Lipinski definition) is 2. The Balaban J connectivity index is 2.16. The first-order valence-corrected chi connectivity index (χ1v) is 11.3. The van der Waals surface area contributed by atoms with E-state index in [4.69, 9.17) is 16.7 Å². The van der Waals surface area contributed by atoms with Crippen molar-refractivity contribution in [1.82, 2.24) is 4.98 Å². The summed E-state index contributed by atoms with van der Waals surface area (Å²) in [4.78, 5) is 2.81. The molecule has 7 nitrogen and oxygen atoms in total. The standard InChI is InChI=1S/C17H18ClN3O4S2/c1-11(2)21(16-5-3-4-14-15(18)10-20-17(14)16)27(24,25)13-8-6-12(7-9-13)26(19,22)23/h3-11,20H,1-2H3,(H2,19,22,23). The lowest BCUT2D eigenvalue weighted by Crippen LogP contribution is -2.37. The van der Waals surface area contributed by atoms with E-state index in [1.54, 1.807) is 38.2 Å². The van der Waals surface area contributed by atoms with Crippen LogP contribution in [0.3, 0.4) is 0 Å². The zero-order chi connectivity index (χ0) is 20.0. The third-order valence-electron chi connectivity index (χ3n) is 4.06. The number of sulfonamides is 2. The topological polar surface area (TPSA) is 113 Å². The average molecular weight is 428 g/mol. The Kier molecular flexibility index (Phi) is 4.98. The minimum absolute atomic E-state index is 0.0433. The Morgan fingerprint density at radius 3 is 2.15 bits per heavy atom. The van der Waals surface area contributed by atoms with Crippen molar-refractivity contribution in [2.45, 2.75) is 29.7 Å². The second-order valence-corrected chi connectivity index (χ2v) is 10.0. The fourth-order valence-electron chi connectivity index (χ4n) is 2.89. The summed E-state index contributed by atoms with van der Waals surface area (Å²) in [7, 11) is -7.87. The van der Waals surface area contributed by atoms with Crippen molar-refractivity contribution in [3.63, 3.8) is 0 Å². The highest BCUT2D eigenvalue weighted by Gasteiger charge is 2.29. The zero-order valence-corrected chi connectivity index (χ0v) is 16.9. The summed E-state index contributed by atoms with van der Waals surface area (Å²) in [5, 5.41) is 6.27. The monoisotopic (exact) mass is 427 g/mol. The van der Waals surface area contributed by atoms with Crippen molar-refractivity contribution >= 4 is 48.2 Å². The molecule has 1 aromatic heterocycles. The molecular formula is C17H18ClN3O4S2. The molecule has 0 fully saturated rings. The summed E-state index contributed by atoms with van der Waals surface area (Å²) < 4.78 is 50.7. The molecule has 0 spiro atoms. The molecule has 10 heteroatoms. The SMILES string of the molecule is CC(C)N(c1cccc2c(Cl)c[nH]c12)S(=O)(=O)c1ccc(S(N)(=O)=O)cc1. The normalized spacial score (nSPS) is 12.6. The Labute approximate surface area is 162 Å². The van der Waals surface area contributed by atoms with Gasteiger partial charge >= 0.3 is 0 Å². The van der Waals surface area contributed by atoms with Crippen LogP contribution < -0.4 is 9.44 Å². The number of H-pyrrole nitrogens is 1. The molecule has 0 aliphatic carbocycles. The summed E-state index contributed by atoms with van der Waals surface area (Å²) in [5.74, 6) is 0. The Morgan fingerprint density at radius 1 is 1.00 bits per heavy atom. The van der Waals surface area contributed by atoms with E-state index in [-0.39, 0.29) is 9.79 Å². The van der Waals surface area contributed by atoms with Gasteiger partial charge in [0.1, 0.15) is 0 Å². The molecule has 0 unspecified atom stereocenters. The number of rotatable bonds is 5. The third-order valence-corrected chi connectivity index (χ3v) is 7.30. The van der Waals surface area contributed by atoms with Gasteiger partial charge in [-0.3, -0.25) is 4.31 Å². The van der Waals surface area contributed by atoms with Crippen LogP contribution in [0.25, 0.3) is 10.9 Å². The van der Waals surface area contributed by atoms with Crippen LogP contribution in [0.15, 0.2) is 58.5 Å². The number of aromatic nitrogens is 1. The Morgan fingerprint density at radius 2 is 1.59 bits per heavy atom. The highest BCUT2D eigenvalue weighted by atomic mass is 35.5. The van der Waals surface area contributed by atoms with Crippen molar-refractivity contribution in [1.29, 1.82) is 0 Å². The first-order valence-electron chi connectivity index (χ1n) is 7.96. The molecule has 0 bridgehead atoms. The smallest absolute Gasteiger partial charge is 0.264 e. The lowest BCUT2D eigenvalue weighted by atomic mass is 10.2. The number of aromatic amines is 1. The summed E-state index contributed by atoms with van der Waals surface area (Å²) >= 11 is 6.15. The molecule has 0 saturated carbocycles. The van der Waals surface area contributed by atoms with Crippen molar-refractivity contribution in [2.24, 2.45) is 5.14 Å². The van der Waals surface area contributed by atoms with E-state index in [1.165, 1.54) is 28.6 Å². The van der Waals surface area contributed by atoms with Gasteiger partial charge in [-0.25, -0.2) is 22.0 Å². The predicted molar refractivity (Wildman–Crippen MR) is 106 cm³/mol. The zero-order valence-electron chi connectivity index (χ0n) is 14.5. The van der Waals surface area contributed by atoms with Crippen LogP contribution >= 0.6 is 11.6 Å². The third kappa shape index (κ3) is 3.55. The summed E-state index contributed by atoms with van der Waals surface area (Å²) in [6, 6.07) is 9.61. The van der Waals surface area contributed by atoms with Crippen LogP contribution in [0.1, 0.15) is 13.8 Å². The number of anilines is 1. The first kappa shape index (κ1) is 19.7. The molecule has 1 heterocycles. The van der Waals surface area contributed by atoms with Gasteiger partial charge in [-0.15, -0.1) is 0 Å². The molecule has 0 radical (unpaired) electrons. The number of fused-ring (bicyclic) bond motifs is 1. The molecule has 27 heavy (non-hydrogen) atoms. The molecule has 0 aliphatic heterocycles. The molecule has 0 saturated heterocycles. The molecule has 0 amide bonds. The fourth-order valence-corrected chi connectivity index (χ4v) is 5.29. The molecule has 144 valence electrons. The summed E-state index contributed by atoms with van der Waals surface area (Å²) in [6.45, 7) is 3.50. The number of primary sulfonamides is 1. The summed E-state index contributed by atoms with van der Waals surface area (Å²) in [5.41, 5.74) is 1.05. The minimum Gasteiger partial charge on any atom is -0.358 e. The van der Waals surface area contributed by atoms with Gasteiger partial charge in [0.2, 0.25) is 10.0 Å². The Hall–Kier alpha value is -2.07. The van der Waals surface area contributed by atoms with Crippen molar-refractivity contribution in [3.8, 4) is 0 Å². The van der Waals surface area contributed by atoms with Crippen molar-refractivity contribution in [2.75, 3.05) is 4.31 Å². The van der Waals surface area contributed by atoms with Gasteiger partial charge in [0.15, 0.2) is 0 Å². The first-order chi connectivity index (χ1) is 12.5. The highest BCUT2D eigenvalue weighted by Crippen LogP contribution is 2.35. The second kappa shape index (κ2) is 6.83. The van der Waals surface area contributed by atoms with Crippen LogP contribution in [0.2, 0.25) is 5.02 Å². The lowest BCUT2D eigenvalue weighted by Gasteiger charge is -2.28. The number of nitrogens with one attached hydrogen (secondary N) is 1. The molecule has 0 atom stereocenters. The number of para-hydroxylation sites is 1. The van der Waals surface area contributed by atoms with Crippen LogP contribution in [0.4, 0.5) is 5.69 Å². The maximum atomic E-state index is 13.3. The molecular weight excluding hydrogens is 410 g/mol. The molecule has 2 aromatic carbocycles. The van der Waals surface area contributed by atoms with Crippen molar-refractivity contribution in [3.05, 3.63) is 53.7 Å². The van der Waals surface area contributed by atoms with Crippen molar-refractivity contribution < 1.29 is 16.8 Å². The van der Waals surface area contributed by atoms with Gasteiger partial charge in [-0.1, -0.05) is 23.7 Å². The van der Waals surface area contributed by atoms with E-state index in [0.29, 0.717) is 21.6 Å². The summed E-state index contributed by atoms with van der Waals surface area (Å²) in [6.07, 6.45) is 1.60. The van der Waals surface area contributed by atoms with Gasteiger partial charge in [-0.05, 0) is 44.2 Å². The maximum absolute atomic E-state index is 13.3. The van der Waals surface area contributed by atoms with E-state index in [2.05, 4.69) is 4.98 Å². The van der Waals surface area contributed by atoms with Crippen LogP contribution in [0, 0.1) is 0 Å². The lowest BCUT2D eigenvalue weighted by molar-refractivity contribution is 0.583. The maximum Gasteiger partial charge on any atom is 0.264 e. The number of nitrogens with zero attached hydrogens (tertiary/aromatic N) is 1. The van der Waals surface area contributed by atoms with E-state index in [1.807, 2.05) is 0 Å². The predicted octanol–water partition coefficient (Wildman–Crippen LogP) is 3.07. The number of benzene rings is 2. The van der Waals surface area contributed by atoms with E-state index < -0.39 is 26.1 Å². The van der Waals surface area contributed by atoms with Crippen LogP contribution in [-0.2, 0) is 20.0 Å². The van der Waals surface area contributed by atoms with Gasteiger partial charge in [0.25, 0.3) is 10.0 Å². The van der Waals surface area contributed by atoms with E-state index in [0.717, 1.165) is 0 Å². The molecule has 3 rings (SSSR count). The second-order valence-electron chi connectivity index (χ2n) is 6.25. The minimum atomic E-state index is -3.96. The van der Waals surface area contributed by atoms with E-state index in [9.17, 15) is 16.8 Å². The quantitative estimate of drug-likeness (QED) is 0.651. The van der Waals surface area contributed by atoms with E-state index >= 15 is 0 Å².